The van der Waals surface area contributed by atoms with Crippen LogP contribution in [0.1, 0.15) is 40.2 Å². The van der Waals surface area contributed by atoms with E-state index < -0.39 is 24.0 Å². The molecule has 1 aliphatic carbocycles. The Kier molecular flexibility index (Phi) is 7.27. The van der Waals surface area contributed by atoms with Crippen molar-refractivity contribution in [2.24, 2.45) is 11.8 Å². The van der Waals surface area contributed by atoms with Crippen molar-refractivity contribution in [3.63, 3.8) is 0 Å². The van der Waals surface area contributed by atoms with Crippen LogP contribution in [0.2, 0.25) is 0 Å². The first-order valence-corrected chi connectivity index (χ1v) is 9.56. The number of halogens is 3. The van der Waals surface area contributed by atoms with Crippen LogP contribution in [0.5, 0.6) is 0 Å². The Morgan fingerprint density at radius 3 is 2.37 bits per heavy atom. The minimum Gasteiger partial charge on any atom is -0.465 e. The first-order valence-electron chi connectivity index (χ1n) is 8.74. The van der Waals surface area contributed by atoms with Gasteiger partial charge in [-0.3, -0.25) is 4.79 Å². The number of nitrogens with zero attached hydrogens (tertiary/aromatic N) is 1. The summed E-state index contributed by atoms with van der Waals surface area (Å²) in [7, 11) is 2.76. The van der Waals surface area contributed by atoms with Gasteiger partial charge in [-0.15, -0.1) is 11.3 Å². The van der Waals surface area contributed by atoms with Gasteiger partial charge in [-0.1, -0.05) is 0 Å². The number of hydrogen-bond acceptors (Lipinski definition) is 5. The number of methoxy groups -OCH3 is 2. The monoisotopic (exact) mass is 407 g/mol. The molecular formula is C18H24F3NO4S. The summed E-state index contributed by atoms with van der Waals surface area (Å²) >= 11 is 1.22. The van der Waals surface area contributed by atoms with Crippen LogP contribution in [0.3, 0.4) is 0 Å². The maximum Gasteiger partial charge on any atom is 0.391 e. The van der Waals surface area contributed by atoms with E-state index in [0.29, 0.717) is 10.6 Å². The number of rotatable bonds is 6. The molecule has 1 aromatic rings. The highest BCUT2D eigenvalue weighted by molar-refractivity contribution is 7.14. The van der Waals surface area contributed by atoms with Gasteiger partial charge >= 0.3 is 12.1 Å². The van der Waals surface area contributed by atoms with Crippen molar-refractivity contribution < 1.29 is 32.2 Å². The number of aryl methyl sites for hydroxylation is 1. The summed E-state index contributed by atoms with van der Waals surface area (Å²) in [6.07, 6.45) is -3.95. The molecular weight excluding hydrogens is 383 g/mol. The first-order chi connectivity index (χ1) is 12.7. The number of ether oxygens (including phenoxy) is 2. The lowest BCUT2D eigenvalue weighted by Crippen LogP contribution is -2.41. The molecule has 0 unspecified atom stereocenters. The molecule has 2 rings (SSSR count). The number of carbonyl (C=O) groups is 2. The van der Waals surface area contributed by atoms with E-state index in [2.05, 4.69) is 0 Å². The van der Waals surface area contributed by atoms with E-state index in [1.807, 2.05) is 6.92 Å². The topological polar surface area (TPSA) is 55.8 Å². The number of anilines is 1. The highest BCUT2D eigenvalue weighted by atomic mass is 32.1. The zero-order valence-electron chi connectivity index (χ0n) is 15.6. The average Bonchev–Trinajstić information content (AvgIpc) is 3.02. The lowest BCUT2D eigenvalue weighted by molar-refractivity contribution is -0.184. The summed E-state index contributed by atoms with van der Waals surface area (Å²) in [5.41, 5.74) is 0.435. The highest BCUT2D eigenvalue weighted by Crippen LogP contribution is 2.41. The number of amides is 1. The maximum atomic E-state index is 13.1. The quantitative estimate of drug-likeness (QED) is 0.664. The van der Waals surface area contributed by atoms with Crippen LogP contribution in [-0.2, 0) is 14.3 Å². The predicted molar refractivity (Wildman–Crippen MR) is 96.1 cm³/mol. The second-order valence-electron chi connectivity index (χ2n) is 6.64. The van der Waals surface area contributed by atoms with E-state index >= 15 is 0 Å². The molecule has 0 spiro atoms. The molecule has 0 aliphatic heterocycles. The Labute approximate surface area is 160 Å². The third kappa shape index (κ3) is 5.22. The second-order valence-corrected chi connectivity index (χ2v) is 7.89. The Morgan fingerprint density at radius 1 is 1.22 bits per heavy atom. The van der Waals surface area contributed by atoms with E-state index in [0.717, 1.165) is 4.88 Å². The molecule has 5 nitrogen and oxygen atoms in total. The second kappa shape index (κ2) is 9.05. The molecule has 1 aromatic heterocycles. The number of thiophene rings is 1. The highest BCUT2D eigenvalue weighted by Gasteiger charge is 2.43. The van der Waals surface area contributed by atoms with Crippen LogP contribution in [0.15, 0.2) is 6.07 Å². The normalized spacial score (nSPS) is 20.4. The molecule has 0 atom stereocenters. The van der Waals surface area contributed by atoms with Crippen LogP contribution < -0.4 is 4.90 Å². The maximum absolute atomic E-state index is 13.1. The molecule has 0 aromatic carbocycles. The van der Waals surface area contributed by atoms with Crippen LogP contribution in [0.25, 0.3) is 0 Å². The summed E-state index contributed by atoms with van der Waals surface area (Å²) in [6, 6.07) is 1.73. The van der Waals surface area contributed by atoms with E-state index in [9.17, 15) is 22.8 Å². The molecule has 0 N–H and O–H groups in total. The zero-order valence-corrected chi connectivity index (χ0v) is 16.4. The van der Waals surface area contributed by atoms with Crippen molar-refractivity contribution in [2.75, 3.05) is 32.3 Å². The van der Waals surface area contributed by atoms with Crippen molar-refractivity contribution in [1.82, 2.24) is 0 Å². The molecule has 1 amide bonds. The Bertz CT molecular complexity index is 666. The number of carbonyl (C=O) groups excluding carboxylic acids is 2. The third-order valence-electron chi connectivity index (χ3n) is 4.82. The van der Waals surface area contributed by atoms with Crippen molar-refractivity contribution in [3.05, 3.63) is 15.8 Å². The molecule has 0 saturated heterocycles. The van der Waals surface area contributed by atoms with Crippen LogP contribution in [0.4, 0.5) is 18.9 Å². The Hall–Kier alpha value is -1.61. The minimum absolute atomic E-state index is 0.0510. The van der Waals surface area contributed by atoms with E-state index in [1.54, 1.807) is 6.07 Å². The largest absolute Gasteiger partial charge is 0.465 e. The Morgan fingerprint density at radius 2 is 1.85 bits per heavy atom. The number of esters is 1. The van der Waals surface area contributed by atoms with Crippen molar-refractivity contribution in [1.29, 1.82) is 0 Å². The van der Waals surface area contributed by atoms with Gasteiger partial charge in [0.05, 0.1) is 25.3 Å². The summed E-state index contributed by atoms with van der Waals surface area (Å²) in [5, 5.41) is 0. The van der Waals surface area contributed by atoms with Gasteiger partial charge < -0.3 is 14.4 Å². The first kappa shape index (κ1) is 21.7. The molecule has 1 fully saturated rings. The van der Waals surface area contributed by atoms with Crippen molar-refractivity contribution >= 4 is 28.9 Å². The van der Waals surface area contributed by atoms with Crippen LogP contribution >= 0.6 is 11.3 Å². The van der Waals surface area contributed by atoms with Crippen LogP contribution in [0, 0.1) is 18.8 Å². The zero-order chi connectivity index (χ0) is 20.2. The molecule has 9 heteroatoms. The van der Waals surface area contributed by atoms with Gasteiger partial charge in [-0.05, 0) is 38.7 Å². The molecule has 1 heterocycles. The van der Waals surface area contributed by atoms with Crippen LogP contribution in [-0.4, -0.2) is 45.4 Å². The standard InChI is InChI=1S/C18H24F3NO4S/c1-11-10-14(15(27-11)17(24)26-3)22(8-9-25-2)16(23)12-4-6-13(7-5-12)18(19,20)21/h10,12-13H,4-9H2,1-3H3. The third-order valence-corrected chi connectivity index (χ3v) is 5.84. The van der Waals surface area contributed by atoms with Gasteiger partial charge in [0.2, 0.25) is 5.91 Å². The minimum atomic E-state index is -4.22. The fourth-order valence-corrected chi connectivity index (χ4v) is 4.29. The molecule has 0 bridgehead atoms. The molecule has 152 valence electrons. The fraction of sp³-hybridized carbons (Fsp3) is 0.667. The SMILES string of the molecule is COCCN(C(=O)C1CCC(C(F)(F)F)CC1)c1cc(C)sc1C(=O)OC. The Balaban J connectivity index is 2.22. The van der Waals surface area contributed by atoms with Gasteiger partial charge in [0.25, 0.3) is 0 Å². The molecule has 1 saturated carbocycles. The fourth-order valence-electron chi connectivity index (χ4n) is 3.36. The molecule has 0 radical (unpaired) electrons. The number of hydrogen-bond donors (Lipinski definition) is 0. The summed E-state index contributed by atoms with van der Waals surface area (Å²) in [5.74, 6) is -2.65. The van der Waals surface area contributed by atoms with E-state index in [1.165, 1.54) is 30.5 Å². The summed E-state index contributed by atoms with van der Waals surface area (Å²) < 4.78 is 48.5. The lowest BCUT2D eigenvalue weighted by atomic mass is 9.81. The van der Waals surface area contributed by atoms with E-state index in [-0.39, 0.29) is 44.7 Å². The van der Waals surface area contributed by atoms with Crippen molar-refractivity contribution in [3.8, 4) is 0 Å². The summed E-state index contributed by atoms with van der Waals surface area (Å²) in [6.45, 7) is 2.28. The van der Waals surface area contributed by atoms with Gasteiger partial charge in [0, 0.05) is 24.4 Å². The van der Waals surface area contributed by atoms with Gasteiger partial charge in [-0.25, -0.2) is 4.79 Å². The smallest absolute Gasteiger partial charge is 0.391 e. The van der Waals surface area contributed by atoms with Gasteiger partial charge in [-0.2, -0.15) is 13.2 Å². The molecule has 27 heavy (non-hydrogen) atoms. The van der Waals surface area contributed by atoms with Gasteiger partial charge in [0.1, 0.15) is 4.88 Å². The predicted octanol–water partition coefficient (Wildman–Crippen LogP) is 4.19. The lowest BCUT2D eigenvalue weighted by Gasteiger charge is -2.32. The van der Waals surface area contributed by atoms with E-state index in [4.69, 9.17) is 9.47 Å². The average molecular weight is 407 g/mol. The van der Waals surface area contributed by atoms with Crippen molar-refractivity contribution in [2.45, 2.75) is 38.8 Å². The van der Waals surface area contributed by atoms with Gasteiger partial charge in [0.15, 0.2) is 0 Å². The number of alkyl halides is 3. The molecule has 1 aliphatic rings. The summed E-state index contributed by atoms with van der Waals surface area (Å²) in [4.78, 5) is 27.7.